The van der Waals surface area contributed by atoms with Gasteiger partial charge in [0.15, 0.2) is 0 Å². The van der Waals surface area contributed by atoms with Crippen LogP contribution in [0.1, 0.15) is 52.7 Å². The van der Waals surface area contributed by atoms with Crippen LogP contribution >= 0.6 is 0 Å². The predicted molar refractivity (Wildman–Crippen MR) is 84.3 cm³/mol. The average Bonchev–Trinajstić information content (AvgIpc) is 2.23. The topological polar surface area (TPSA) is 103 Å². The zero-order valence-corrected chi connectivity index (χ0v) is 15.0. The number of rotatable bonds is 2. The molecule has 1 aromatic carbocycles. The largest absolute Gasteiger partial charge is 0.744 e. The second kappa shape index (κ2) is 5.94. The molecule has 1 rings (SSSR count). The highest BCUT2D eigenvalue weighted by molar-refractivity contribution is 7.85. The van der Waals surface area contributed by atoms with Gasteiger partial charge in [-0.2, -0.15) is 0 Å². The van der Waals surface area contributed by atoms with Crippen molar-refractivity contribution in [1.82, 2.24) is 6.15 Å². The normalized spacial score (nSPS) is 12.8. The fourth-order valence-corrected chi connectivity index (χ4v) is 2.61. The number of quaternary nitrogens is 1. The van der Waals surface area contributed by atoms with Crippen molar-refractivity contribution in [3.63, 3.8) is 0 Å². The lowest BCUT2D eigenvalue weighted by Crippen LogP contribution is -2.20. The van der Waals surface area contributed by atoms with Crippen molar-refractivity contribution in [2.45, 2.75) is 57.3 Å². The number of hydrogen-bond donors (Lipinski definition) is 1. The summed E-state index contributed by atoms with van der Waals surface area (Å²) in [6.07, 6.45) is 0. The van der Waals surface area contributed by atoms with Crippen LogP contribution in [0.5, 0.6) is 5.75 Å². The molecule has 0 amide bonds. The molecule has 0 unspecified atom stereocenters. The van der Waals surface area contributed by atoms with Crippen LogP contribution in [0.3, 0.4) is 0 Å². The summed E-state index contributed by atoms with van der Waals surface area (Å²) >= 11 is 0. The third kappa shape index (κ3) is 4.43. The zero-order chi connectivity index (χ0) is 15.9. The van der Waals surface area contributed by atoms with Gasteiger partial charge >= 0.3 is 0 Å². The minimum absolute atomic E-state index is 0. The molecular weight excluding hydrogens is 290 g/mol. The van der Waals surface area contributed by atoms with Gasteiger partial charge in [-0.3, -0.25) is 0 Å². The molecule has 4 N–H and O–H groups in total. The SMILES string of the molecule is COc1c(C(C)(C)C)cc(S(=O)(=O)[O-])cc1C(C)(C)C.[NH4+]. The molecule has 0 saturated heterocycles. The van der Waals surface area contributed by atoms with E-state index in [4.69, 9.17) is 4.74 Å². The van der Waals surface area contributed by atoms with E-state index in [0.29, 0.717) is 5.75 Å². The van der Waals surface area contributed by atoms with Gasteiger partial charge in [-0.15, -0.1) is 0 Å². The van der Waals surface area contributed by atoms with Crippen molar-refractivity contribution in [2.24, 2.45) is 0 Å². The molecule has 0 spiro atoms. The molecular formula is C15H27NO4S. The van der Waals surface area contributed by atoms with Crippen molar-refractivity contribution >= 4 is 10.1 Å². The molecule has 6 heteroatoms. The van der Waals surface area contributed by atoms with E-state index >= 15 is 0 Å². The molecule has 0 bridgehead atoms. The third-order valence-electron chi connectivity index (χ3n) is 3.17. The molecule has 1 aromatic rings. The van der Waals surface area contributed by atoms with Crippen LogP contribution in [0.15, 0.2) is 17.0 Å². The Bertz CT molecular complexity index is 573. The van der Waals surface area contributed by atoms with Crippen LogP contribution in [0.4, 0.5) is 0 Å². The first kappa shape index (κ1) is 19.9. The number of methoxy groups -OCH3 is 1. The Kier molecular flexibility index (Phi) is 5.63. The molecule has 0 saturated carbocycles. The summed E-state index contributed by atoms with van der Waals surface area (Å²) in [6.45, 7) is 11.7. The maximum Gasteiger partial charge on any atom is 0.126 e. The predicted octanol–water partition coefficient (Wildman–Crippen LogP) is 3.57. The second-order valence-electron chi connectivity index (χ2n) is 7.01. The monoisotopic (exact) mass is 317 g/mol. The van der Waals surface area contributed by atoms with Crippen LogP contribution in [-0.4, -0.2) is 20.1 Å². The molecule has 0 heterocycles. The van der Waals surface area contributed by atoms with Gasteiger partial charge in [-0.05, 0) is 23.0 Å². The minimum Gasteiger partial charge on any atom is -0.744 e. The summed E-state index contributed by atoms with van der Waals surface area (Å²) in [7, 11) is -2.94. The van der Waals surface area contributed by atoms with E-state index in [1.807, 2.05) is 41.5 Å². The molecule has 0 aliphatic carbocycles. The summed E-state index contributed by atoms with van der Waals surface area (Å²) in [6, 6.07) is 2.85. The molecule has 0 fully saturated rings. The lowest BCUT2D eigenvalue weighted by atomic mass is 9.79. The highest BCUT2D eigenvalue weighted by Crippen LogP contribution is 2.41. The zero-order valence-electron chi connectivity index (χ0n) is 14.2. The van der Waals surface area contributed by atoms with Gasteiger partial charge in [0.2, 0.25) is 0 Å². The van der Waals surface area contributed by atoms with Gasteiger partial charge in [-0.1, -0.05) is 41.5 Å². The molecule has 0 atom stereocenters. The minimum atomic E-state index is -4.50. The Morgan fingerprint density at radius 1 is 0.952 bits per heavy atom. The van der Waals surface area contributed by atoms with Crippen molar-refractivity contribution in [3.05, 3.63) is 23.3 Å². The Morgan fingerprint density at radius 2 is 1.29 bits per heavy atom. The second-order valence-corrected chi connectivity index (χ2v) is 8.39. The standard InChI is InChI=1S/C15H24O4S.H3N/c1-14(2,3)11-8-10(20(16,17)18)9-12(13(11)19-7)15(4,5)6;/h8-9H,1-7H3,(H,16,17,18);1H3. The van der Waals surface area contributed by atoms with Gasteiger partial charge in [0.1, 0.15) is 15.9 Å². The highest BCUT2D eigenvalue weighted by Gasteiger charge is 2.28. The Morgan fingerprint density at radius 3 is 1.48 bits per heavy atom. The van der Waals surface area contributed by atoms with E-state index < -0.39 is 10.1 Å². The van der Waals surface area contributed by atoms with Gasteiger partial charge in [0.25, 0.3) is 0 Å². The number of ether oxygens (including phenoxy) is 1. The Labute approximate surface area is 128 Å². The van der Waals surface area contributed by atoms with Crippen molar-refractivity contribution in [3.8, 4) is 5.75 Å². The van der Waals surface area contributed by atoms with Crippen molar-refractivity contribution < 1.29 is 17.7 Å². The summed E-state index contributed by atoms with van der Waals surface area (Å²) in [5.74, 6) is 0.650. The Balaban J connectivity index is 0.00000400. The average molecular weight is 317 g/mol. The van der Waals surface area contributed by atoms with E-state index in [2.05, 4.69) is 0 Å². The lowest BCUT2D eigenvalue weighted by molar-refractivity contribution is 0.380. The third-order valence-corrected chi connectivity index (χ3v) is 3.98. The van der Waals surface area contributed by atoms with Crippen LogP contribution in [-0.2, 0) is 20.9 Å². The molecule has 0 aliphatic heterocycles. The van der Waals surface area contributed by atoms with E-state index in [0.717, 1.165) is 11.1 Å². The van der Waals surface area contributed by atoms with Gasteiger partial charge in [0, 0.05) is 11.1 Å². The maximum atomic E-state index is 11.4. The molecule has 21 heavy (non-hydrogen) atoms. The number of benzene rings is 1. The first-order valence-corrected chi connectivity index (χ1v) is 7.88. The van der Waals surface area contributed by atoms with Crippen molar-refractivity contribution in [1.29, 1.82) is 0 Å². The van der Waals surface area contributed by atoms with Crippen molar-refractivity contribution in [2.75, 3.05) is 7.11 Å². The van der Waals surface area contributed by atoms with E-state index in [-0.39, 0.29) is 21.9 Å². The van der Waals surface area contributed by atoms with E-state index in [1.54, 1.807) is 7.11 Å². The molecule has 5 nitrogen and oxygen atoms in total. The van der Waals surface area contributed by atoms with Crippen LogP contribution < -0.4 is 10.9 Å². The van der Waals surface area contributed by atoms with Crippen LogP contribution in [0, 0.1) is 0 Å². The summed E-state index contributed by atoms with van der Waals surface area (Å²) in [5.41, 5.74) is 0.793. The first-order chi connectivity index (χ1) is 8.78. The summed E-state index contributed by atoms with van der Waals surface area (Å²) in [5, 5.41) is 0. The smallest absolute Gasteiger partial charge is 0.126 e. The molecule has 0 radical (unpaired) electrons. The Hall–Kier alpha value is -1.11. The van der Waals surface area contributed by atoms with Gasteiger partial charge in [0.05, 0.1) is 12.0 Å². The van der Waals surface area contributed by atoms with Gasteiger partial charge < -0.3 is 15.4 Å². The van der Waals surface area contributed by atoms with Crippen LogP contribution in [0.2, 0.25) is 0 Å². The molecule has 0 aliphatic rings. The maximum absolute atomic E-state index is 11.4. The summed E-state index contributed by atoms with van der Waals surface area (Å²) < 4.78 is 39.7. The fourth-order valence-electron chi connectivity index (χ4n) is 2.08. The highest BCUT2D eigenvalue weighted by atomic mass is 32.2. The molecule has 0 aromatic heterocycles. The fraction of sp³-hybridized carbons (Fsp3) is 0.600. The van der Waals surface area contributed by atoms with Gasteiger partial charge in [-0.25, -0.2) is 8.42 Å². The molecule has 122 valence electrons. The van der Waals surface area contributed by atoms with Crippen LogP contribution in [0.25, 0.3) is 0 Å². The van der Waals surface area contributed by atoms with E-state index in [1.165, 1.54) is 12.1 Å². The quantitative estimate of drug-likeness (QED) is 0.842. The van der Waals surface area contributed by atoms with E-state index in [9.17, 15) is 13.0 Å². The number of hydrogen-bond acceptors (Lipinski definition) is 4. The first-order valence-electron chi connectivity index (χ1n) is 6.47. The lowest BCUT2D eigenvalue weighted by Gasteiger charge is -2.30. The summed E-state index contributed by atoms with van der Waals surface area (Å²) in [4.78, 5) is -0.201.